The average Bonchev–Trinajstić information content (AvgIpc) is 3.12. The van der Waals surface area contributed by atoms with E-state index in [9.17, 15) is 4.79 Å². The van der Waals surface area contributed by atoms with Gasteiger partial charge in [-0.3, -0.25) is 4.90 Å². The Morgan fingerprint density at radius 3 is 2.50 bits per heavy atom. The molecule has 0 unspecified atom stereocenters. The van der Waals surface area contributed by atoms with E-state index in [0.29, 0.717) is 34.7 Å². The predicted octanol–water partition coefficient (Wildman–Crippen LogP) is 5.77. The highest BCUT2D eigenvalue weighted by Crippen LogP contribution is 2.42. The van der Waals surface area contributed by atoms with E-state index < -0.39 is 5.97 Å². The van der Waals surface area contributed by atoms with Gasteiger partial charge in [0.15, 0.2) is 0 Å². The summed E-state index contributed by atoms with van der Waals surface area (Å²) in [6, 6.07) is 9.47. The Balaban J connectivity index is 2.04. The highest BCUT2D eigenvalue weighted by atomic mass is 35.5. The van der Waals surface area contributed by atoms with Gasteiger partial charge in [0.25, 0.3) is 0 Å². The second-order valence-corrected chi connectivity index (χ2v) is 7.88. The van der Waals surface area contributed by atoms with E-state index in [1.54, 1.807) is 12.1 Å². The molecule has 4 nitrogen and oxygen atoms in total. The van der Waals surface area contributed by atoms with Gasteiger partial charge in [-0.1, -0.05) is 43.1 Å². The molecule has 3 rings (SSSR count). The van der Waals surface area contributed by atoms with Crippen molar-refractivity contribution in [3.63, 3.8) is 0 Å². The maximum absolute atomic E-state index is 13.1. The molecule has 0 fully saturated rings. The van der Waals surface area contributed by atoms with Gasteiger partial charge in [0, 0.05) is 29.7 Å². The van der Waals surface area contributed by atoms with E-state index in [4.69, 9.17) is 21.1 Å². The Morgan fingerprint density at radius 2 is 1.86 bits per heavy atom. The quantitative estimate of drug-likeness (QED) is 0.335. The molecule has 0 bridgehead atoms. The maximum Gasteiger partial charge on any atom is 0.347 e. The van der Waals surface area contributed by atoms with E-state index in [2.05, 4.69) is 25.7 Å². The number of fused-ring (bicyclic) bond motifs is 1. The minimum atomic E-state index is -0.428. The number of halogens is 1. The summed E-state index contributed by atoms with van der Waals surface area (Å²) >= 11 is 6.70. The van der Waals surface area contributed by atoms with Crippen molar-refractivity contribution < 1.29 is 14.3 Å². The molecule has 0 saturated heterocycles. The molecule has 0 saturated carbocycles. The lowest BCUT2D eigenvalue weighted by atomic mass is 9.98. The fourth-order valence-corrected chi connectivity index (χ4v) is 3.72. The van der Waals surface area contributed by atoms with Crippen molar-refractivity contribution in [1.82, 2.24) is 4.90 Å². The Hall–Kier alpha value is -2.04. The molecular formula is C23H28ClNO3. The fraction of sp³-hybridized carbons (Fsp3) is 0.435. The summed E-state index contributed by atoms with van der Waals surface area (Å²) in [6.07, 6.45) is 1.95. The van der Waals surface area contributed by atoms with E-state index in [1.165, 1.54) is 0 Å². The van der Waals surface area contributed by atoms with Crippen LogP contribution in [0.1, 0.15) is 60.7 Å². The van der Waals surface area contributed by atoms with E-state index in [-0.39, 0.29) is 0 Å². The highest BCUT2D eigenvalue weighted by Gasteiger charge is 2.33. The van der Waals surface area contributed by atoms with Gasteiger partial charge in [0.2, 0.25) is 0 Å². The van der Waals surface area contributed by atoms with Crippen LogP contribution in [0.2, 0.25) is 5.02 Å². The Morgan fingerprint density at radius 1 is 1.18 bits per heavy atom. The summed E-state index contributed by atoms with van der Waals surface area (Å²) < 4.78 is 11.8. The third kappa shape index (κ3) is 4.18. The van der Waals surface area contributed by atoms with Crippen LogP contribution in [0.25, 0.3) is 0 Å². The number of carbonyl (C=O) groups excluding carboxylic acids is 1. The summed E-state index contributed by atoms with van der Waals surface area (Å²) in [7, 11) is 0. The summed E-state index contributed by atoms with van der Waals surface area (Å²) in [5.41, 5.74) is 3.24. The van der Waals surface area contributed by atoms with Crippen molar-refractivity contribution in [2.75, 3.05) is 6.61 Å². The van der Waals surface area contributed by atoms with Crippen LogP contribution < -0.4 is 9.47 Å². The molecule has 28 heavy (non-hydrogen) atoms. The van der Waals surface area contributed by atoms with Gasteiger partial charge in [-0.05, 0) is 50.5 Å². The van der Waals surface area contributed by atoms with Crippen LogP contribution in [0.4, 0.5) is 0 Å². The van der Waals surface area contributed by atoms with Crippen molar-refractivity contribution in [2.24, 2.45) is 0 Å². The lowest BCUT2D eigenvalue weighted by Crippen LogP contribution is -2.24. The van der Waals surface area contributed by atoms with Crippen LogP contribution in [0, 0.1) is 6.92 Å². The first kappa shape index (κ1) is 20.7. The number of rotatable bonds is 7. The van der Waals surface area contributed by atoms with Crippen LogP contribution in [-0.4, -0.2) is 23.5 Å². The standard InChI is InChI=1S/C23H28ClNO3/c1-5-6-12-27-22-19-14-25(15(2)3)13-18(19)21(24)16(4)20(22)23(26)28-17-10-8-7-9-11-17/h7-11,15H,5-6,12-14H2,1-4H3. The number of ether oxygens (including phenoxy) is 2. The number of para-hydroxylation sites is 1. The molecule has 1 aliphatic rings. The lowest BCUT2D eigenvalue weighted by Gasteiger charge is -2.20. The largest absolute Gasteiger partial charge is 0.492 e. The zero-order chi connectivity index (χ0) is 20.3. The third-order valence-electron chi connectivity index (χ3n) is 5.19. The smallest absolute Gasteiger partial charge is 0.347 e. The Labute approximate surface area is 172 Å². The minimum absolute atomic E-state index is 0.381. The SMILES string of the molecule is CCCCOc1c2c(c(Cl)c(C)c1C(=O)Oc1ccccc1)CN(C(C)C)C2. The Kier molecular flexibility index (Phi) is 6.63. The van der Waals surface area contributed by atoms with Crippen LogP contribution in [0.5, 0.6) is 11.5 Å². The number of unbranched alkanes of at least 4 members (excludes halogenated alkanes) is 1. The molecule has 5 heteroatoms. The highest BCUT2D eigenvalue weighted by molar-refractivity contribution is 6.33. The van der Waals surface area contributed by atoms with E-state index in [0.717, 1.165) is 42.6 Å². The minimum Gasteiger partial charge on any atom is -0.492 e. The molecule has 0 radical (unpaired) electrons. The van der Waals surface area contributed by atoms with E-state index >= 15 is 0 Å². The van der Waals surface area contributed by atoms with Gasteiger partial charge < -0.3 is 9.47 Å². The van der Waals surface area contributed by atoms with Crippen molar-refractivity contribution in [2.45, 2.75) is 59.7 Å². The van der Waals surface area contributed by atoms with Crippen LogP contribution in [0.15, 0.2) is 30.3 Å². The summed E-state index contributed by atoms with van der Waals surface area (Å²) in [5, 5.41) is 0.640. The third-order valence-corrected chi connectivity index (χ3v) is 5.70. The van der Waals surface area contributed by atoms with Gasteiger partial charge in [-0.15, -0.1) is 0 Å². The molecule has 2 aromatic rings. The zero-order valence-corrected chi connectivity index (χ0v) is 17.8. The first-order valence-corrected chi connectivity index (χ1v) is 10.3. The first-order chi connectivity index (χ1) is 13.4. The van der Waals surface area contributed by atoms with Crippen molar-refractivity contribution in [1.29, 1.82) is 0 Å². The first-order valence-electron chi connectivity index (χ1n) is 9.91. The molecule has 2 aromatic carbocycles. The normalized spacial score (nSPS) is 13.6. The number of carbonyl (C=O) groups is 1. The topological polar surface area (TPSA) is 38.8 Å². The molecule has 1 heterocycles. The molecule has 1 aliphatic heterocycles. The summed E-state index contributed by atoms with van der Waals surface area (Å²) in [6.45, 7) is 10.4. The van der Waals surface area contributed by atoms with Gasteiger partial charge in [0.05, 0.1) is 6.61 Å². The molecule has 0 aliphatic carbocycles. The molecule has 0 aromatic heterocycles. The van der Waals surface area contributed by atoms with Crippen LogP contribution in [0.3, 0.4) is 0 Å². The average molecular weight is 402 g/mol. The number of benzene rings is 2. The molecule has 0 N–H and O–H groups in total. The summed E-state index contributed by atoms with van der Waals surface area (Å²) in [5.74, 6) is 0.712. The lowest BCUT2D eigenvalue weighted by molar-refractivity contribution is 0.0729. The molecule has 0 spiro atoms. The number of esters is 1. The number of nitrogens with zero attached hydrogens (tertiary/aromatic N) is 1. The Bertz CT molecular complexity index is 849. The zero-order valence-electron chi connectivity index (χ0n) is 17.0. The second-order valence-electron chi connectivity index (χ2n) is 7.50. The molecule has 0 atom stereocenters. The van der Waals surface area contributed by atoms with Crippen molar-refractivity contribution in [3.8, 4) is 11.5 Å². The van der Waals surface area contributed by atoms with Crippen LogP contribution in [-0.2, 0) is 13.1 Å². The maximum atomic E-state index is 13.1. The van der Waals surface area contributed by atoms with Gasteiger partial charge in [-0.25, -0.2) is 4.79 Å². The van der Waals surface area contributed by atoms with Crippen molar-refractivity contribution in [3.05, 3.63) is 57.6 Å². The summed E-state index contributed by atoms with van der Waals surface area (Å²) in [4.78, 5) is 15.4. The monoisotopic (exact) mass is 401 g/mol. The second kappa shape index (κ2) is 8.97. The van der Waals surface area contributed by atoms with Crippen molar-refractivity contribution >= 4 is 17.6 Å². The van der Waals surface area contributed by atoms with Crippen LogP contribution >= 0.6 is 11.6 Å². The predicted molar refractivity (Wildman–Crippen MR) is 112 cm³/mol. The molecule has 150 valence electrons. The van der Waals surface area contributed by atoms with Gasteiger partial charge in [-0.2, -0.15) is 0 Å². The molecular weight excluding hydrogens is 374 g/mol. The van der Waals surface area contributed by atoms with Gasteiger partial charge >= 0.3 is 5.97 Å². The number of hydrogen-bond donors (Lipinski definition) is 0. The fourth-order valence-electron chi connectivity index (χ4n) is 3.46. The van der Waals surface area contributed by atoms with E-state index in [1.807, 2.05) is 25.1 Å². The number of hydrogen-bond acceptors (Lipinski definition) is 4. The van der Waals surface area contributed by atoms with Gasteiger partial charge in [0.1, 0.15) is 17.1 Å². The molecule has 0 amide bonds.